The molecule has 0 spiro atoms. The highest BCUT2D eigenvalue weighted by molar-refractivity contribution is 6.08. The van der Waals surface area contributed by atoms with Crippen molar-refractivity contribution in [2.75, 3.05) is 0 Å². The van der Waals surface area contributed by atoms with Crippen LogP contribution < -0.4 is 0 Å². The molecule has 0 saturated heterocycles. The number of nitrogens with zero attached hydrogens (tertiary/aromatic N) is 2. The average molecular weight is 238 g/mol. The number of rotatable bonds is 0. The highest BCUT2D eigenvalue weighted by Crippen LogP contribution is 2.44. The van der Waals surface area contributed by atoms with Crippen molar-refractivity contribution in [3.8, 4) is 0 Å². The second-order valence-corrected chi connectivity index (χ2v) is 5.80. The van der Waals surface area contributed by atoms with Gasteiger partial charge >= 0.3 is 0 Å². The van der Waals surface area contributed by atoms with Gasteiger partial charge in [-0.3, -0.25) is 9.98 Å². The van der Waals surface area contributed by atoms with Gasteiger partial charge in [0.05, 0.1) is 11.4 Å². The van der Waals surface area contributed by atoms with Gasteiger partial charge in [-0.15, -0.1) is 0 Å². The van der Waals surface area contributed by atoms with Crippen LogP contribution in [0.2, 0.25) is 0 Å². The minimum absolute atomic E-state index is 0.668. The van der Waals surface area contributed by atoms with Crippen LogP contribution in [0, 0.1) is 11.8 Å². The Morgan fingerprint density at radius 2 is 2.17 bits per heavy atom. The van der Waals surface area contributed by atoms with Crippen LogP contribution in [-0.4, -0.2) is 11.9 Å². The zero-order valence-electron chi connectivity index (χ0n) is 10.6. The van der Waals surface area contributed by atoms with E-state index >= 15 is 0 Å². The van der Waals surface area contributed by atoms with E-state index in [0.717, 1.165) is 5.92 Å². The summed E-state index contributed by atoms with van der Waals surface area (Å²) in [5, 5.41) is 0. The van der Waals surface area contributed by atoms with E-state index in [9.17, 15) is 0 Å². The molecule has 2 nitrogen and oxygen atoms in total. The van der Waals surface area contributed by atoms with Gasteiger partial charge in [-0.05, 0) is 44.1 Å². The molecule has 0 N–H and O–H groups in total. The molecule has 0 aromatic heterocycles. The van der Waals surface area contributed by atoms with Gasteiger partial charge in [0.25, 0.3) is 0 Å². The van der Waals surface area contributed by atoms with Gasteiger partial charge in [0.1, 0.15) is 0 Å². The summed E-state index contributed by atoms with van der Waals surface area (Å²) in [6.07, 6.45) is 16.0. The predicted octanol–water partition coefficient (Wildman–Crippen LogP) is 3.82. The number of fused-ring (bicyclic) bond motifs is 3. The van der Waals surface area contributed by atoms with Crippen molar-refractivity contribution in [1.29, 1.82) is 0 Å². The molecule has 2 unspecified atom stereocenters. The first-order valence-corrected chi connectivity index (χ1v) is 7.13. The third-order valence-electron chi connectivity index (χ3n) is 4.68. The van der Waals surface area contributed by atoms with Gasteiger partial charge in [-0.1, -0.05) is 18.1 Å². The molecule has 18 heavy (non-hydrogen) atoms. The molecular weight excluding hydrogens is 220 g/mol. The lowest BCUT2D eigenvalue weighted by Crippen LogP contribution is -2.25. The summed E-state index contributed by atoms with van der Waals surface area (Å²) in [6.45, 7) is 0. The molecule has 5 aliphatic rings. The molecule has 6 bridgehead atoms. The summed E-state index contributed by atoms with van der Waals surface area (Å²) >= 11 is 0. The molecule has 92 valence electrons. The molecule has 1 saturated carbocycles. The van der Waals surface area contributed by atoms with Crippen LogP contribution in [0.3, 0.4) is 0 Å². The summed E-state index contributed by atoms with van der Waals surface area (Å²) in [5.41, 5.74) is 5.57. The molecule has 1 aliphatic heterocycles. The Morgan fingerprint density at radius 3 is 3.17 bits per heavy atom. The van der Waals surface area contributed by atoms with Crippen molar-refractivity contribution in [3.05, 3.63) is 35.2 Å². The molecule has 0 amide bonds. The van der Waals surface area contributed by atoms with Crippen LogP contribution in [0.15, 0.2) is 45.2 Å². The van der Waals surface area contributed by atoms with Crippen molar-refractivity contribution < 1.29 is 0 Å². The number of aliphatic imine (C=N–C) groups is 2. The van der Waals surface area contributed by atoms with Gasteiger partial charge in [-0.2, -0.15) is 0 Å². The Labute approximate surface area is 108 Å². The van der Waals surface area contributed by atoms with Crippen LogP contribution in [-0.2, 0) is 0 Å². The van der Waals surface area contributed by atoms with Crippen LogP contribution in [0.1, 0.15) is 38.5 Å². The van der Waals surface area contributed by atoms with E-state index in [4.69, 9.17) is 4.99 Å². The minimum Gasteiger partial charge on any atom is -0.260 e. The van der Waals surface area contributed by atoms with Crippen molar-refractivity contribution in [3.63, 3.8) is 0 Å². The monoisotopic (exact) mass is 238 g/mol. The smallest absolute Gasteiger partial charge is 0.0683 e. The van der Waals surface area contributed by atoms with Gasteiger partial charge in [0.2, 0.25) is 0 Å². The summed E-state index contributed by atoms with van der Waals surface area (Å²) in [4.78, 5) is 9.41. The Kier molecular flexibility index (Phi) is 2.35. The second-order valence-electron chi connectivity index (χ2n) is 5.80. The molecule has 1 fully saturated rings. The highest BCUT2D eigenvalue weighted by atomic mass is 14.8. The van der Waals surface area contributed by atoms with Crippen molar-refractivity contribution in [2.45, 2.75) is 38.5 Å². The normalized spacial score (nSPS) is 35.1. The second kappa shape index (κ2) is 4.04. The Balaban J connectivity index is 1.97. The molecule has 5 rings (SSSR count). The standard InChI is InChI=1S/C16H18N2/c1-3-11-9-13-6-5-12(4-1)16-15(13)14(10-11)17-7-2-8-18-16/h2,7-8,10-12H,1,3-6,9H2/b8-2-,17-7?,18-16?. The number of hydrogen-bond donors (Lipinski definition) is 0. The lowest BCUT2D eigenvalue weighted by Gasteiger charge is -2.31. The Morgan fingerprint density at radius 1 is 1.17 bits per heavy atom. The fourth-order valence-corrected chi connectivity index (χ4v) is 3.85. The maximum atomic E-state index is 4.75. The van der Waals surface area contributed by atoms with Crippen LogP contribution >= 0.6 is 0 Å². The number of allylic oxidation sites excluding steroid dienone is 4. The molecule has 0 radical (unpaired) electrons. The van der Waals surface area contributed by atoms with Crippen LogP contribution in [0.25, 0.3) is 0 Å². The molecule has 0 aromatic carbocycles. The van der Waals surface area contributed by atoms with Crippen LogP contribution in [0.4, 0.5) is 0 Å². The highest BCUT2D eigenvalue weighted by Gasteiger charge is 2.34. The first-order valence-electron chi connectivity index (χ1n) is 7.13. The van der Waals surface area contributed by atoms with Crippen molar-refractivity contribution in [1.82, 2.24) is 0 Å². The number of hydrogen-bond acceptors (Lipinski definition) is 2. The molecule has 2 atom stereocenters. The summed E-state index contributed by atoms with van der Waals surface area (Å²) < 4.78 is 0. The predicted molar refractivity (Wildman–Crippen MR) is 74.9 cm³/mol. The maximum absolute atomic E-state index is 4.75. The molecular formula is C16H18N2. The third-order valence-corrected chi connectivity index (χ3v) is 4.68. The van der Waals surface area contributed by atoms with Gasteiger partial charge in [0, 0.05) is 23.9 Å². The Bertz CT molecular complexity index is 531. The van der Waals surface area contributed by atoms with E-state index in [1.807, 2.05) is 18.5 Å². The van der Waals surface area contributed by atoms with Crippen molar-refractivity contribution >= 4 is 11.9 Å². The summed E-state index contributed by atoms with van der Waals surface area (Å²) in [7, 11) is 0. The van der Waals surface area contributed by atoms with E-state index in [1.165, 1.54) is 55.5 Å². The molecule has 4 aliphatic carbocycles. The van der Waals surface area contributed by atoms with Gasteiger partial charge in [0.15, 0.2) is 0 Å². The zero-order valence-corrected chi connectivity index (χ0v) is 10.6. The molecule has 0 aromatic rings. The van der Waals surface area contributed by atoms with E-state index < -0.39 is 0 Å². The first kappa shape index (κ1) is 10.5. The average Bonchev–Trinajstić information content (AvgIpc) is 2.51. The SMILES string of the molecule is C1=NC2=CC3CCCC4CCC(=C2C4=N/C=C\1)C3. The van der Waals surface area contributed by atoms with E-state index in [0.29, 0.717) is 5.92 Å². The van der Waals surface area contributed by atoms with Gasteiger partial charge in [-0.25, -0.2) is 0 Å². The largest absolute Gasteiger partial charge is 0.260 e. The molecule has 2 heteroatoms. The van der Waals surface area contributed by atoms with Crippen LogP contribution in [0.5, 0.6) is 0 Å². The fourth-order valence-electron chi connectivity index (χ4n) is 3.85. The Hall–Kier alpha value is -1.44. The quantitative estimate of drug-likeness (QED) is 0.613. The van der Waals surface area contributed by atoms with E-state index in [2.05, 4.69) is 11.1 Å². The lowest BCUT2D eigenvalue weighted by molar-refractivity contribution is 0.517. The lowest BCUT2D eigenvalue weighted by atomic mass is 9.75. The van der Waals surface area contributed by atoms with E-state index in [-0.39, 0.29) is 0 Å². The zero-order chi connectivity index (χ0) is 11.9. The van der Waals surface area contributed by atoms with E-state index in [1.54, 1.807) is 5.57 Å². The maximum Gasteiger partial charge on any atom is 0.0683 e. The topological polar surface area (TPSA) is 24.7 Å². The summed E-state index contributed by atoms with van der Waals surface area (Å²) in [6, 6.07) is 0. The van der Waals surface area contributed by atoms with Crippen molar-refractivity contribution in [2.24, 2.45) is 21.8 Å². The molecule has 1 heterocycles. The first-order chi connectivity index (χ1) is 8.92. The summed E-state index contributed by atoms with van der Waals surface area (Å²) in [5.74, 6) is 1.39. The minimum atomic E-state index is 0.668. The fraction of sp³-hybridized carbons (Fsp3) is 0.500. The third kappa shape index (κ3) is 1.55. The van der Waals surface area contributed by atoms with Gasteiger partial charge < -0.3 is 0 Å².